The number of benzene rings is 1. The summed E-state index contributed by atoms with van der Waals surface area (Å²) in [7, 11) is 0. The first kappa shape index (κ1) is 13.0. The molecule has 0 bridgehead atoms. The van der Waals surface area contributed by atoms with Gasteiger partial charge in [0.25, 0.3) is 17.6 Å². The van der Waals surface area contributed by atoms with Gasteiger partial charge in [0.2, 0.25) is 0 Å². The largest absolute Gasteiger partial charge is 0.274 e. The molecule has 0 N–H and O–H groups in total. The van der Waals surface area contributed by atoms with E-state index in [1.54, 1.807) is 24.3 Å². The number of imide groups is 1. The summed E-state index contributed by atoms with van der Waals surface area (Å²) in [6.45, 7) is 0.802. The van der Waals surface area contributed by atoms with E-state index in [0.29, 0.717) is 30.6 Å². The van der Waals surface area contributed by atoms with Crippen molar-refractivity contribution < 1.29 is 9.59 Å². The number of carbonyl (C=O) groups is 2. The maximum atomic E-state index is 12.1. The van der Waals surface area contributed by atoms with Crippen LogP contribution in [0.1, 0.15) is 33.0 Å². The molecule has 0 spiro atoms. The van der Waals surface area contributed by atoms with Crippen LogP contribution >= 0.6 is 0 Å². The van der Waals surface area contributed by atoms with Crippen molar-refractivity contribution in [3.63, 3.8) is 0 Å². The summed E-state index contributed by atoms with van der Waals surface area (Å²) in [5.41, 5.74) is 0.907. The van der Waals surface area contributed by atoms with E-state index in [9.17, 15) is 9.59 Å². The Morgan fingerprint density at radius 3 is 2.33 bits per heavy atom. The standard InChI is InChI=1S/C14H11N5O2/c15-8-12-16-9-18(17-12)6-3-7-19-13(20)10-4-1-2-5-11(10)14(19)21/h1-2,4-5,9H,3,6-7H2. The van der Waals surface area contributed by atoms with Gasteiger partial charge in [-0.1, -0.05) is 12.1 Å². The molecule has 1 aliphatic rings. The summed E-state index contributed by atoms with van der Waals surface area (Å²) < 4.78 is 1.52. The van der Waals surface area contributed by atoms with Crippen LogP contribution in [0.5, 0.6) is 0 Å². The Morgan fingerprint density at radius 1 is 1.10 bits per heavy atom. The molecule has 1 aliphatic heterocycles. The molecule has 1 aromatic heterocycles. The van der Waals surface area contributed by atoms with E-state index in [-0.39, 0.29) is 17.6 Å². The summed E-state index contributed by atoms with van der Waals surface area (Å²) >= 11 is 0. The van der Waals surface area contributed by atoms with Crippen molar-refractivity contribution in [1.82, 2.24) is 19.7 Å². The second-order valence-corrected chi connectivity index (χ2v) is 4.60. The highest BCUT2D eigenvalue weighted by atomic mass is 16.2. The van der Waals surface area contributed by atoms with Gasteiger partial charge >= 0.3 is 0 Å². The fourth-order valence-electron chi connectivity index (χ4n) is 2.29. The summed E-state index contributed by atoms with van der Waals surface area (Å²) in [6, 6.07) is 8.65. The Balaban J connectivity index is 1.63. The number of hydrogen-bond acceptors (Lipinski definition) is 5. The van der Waals surface area contributed by atoms with E-state index in [2.05, 4.69) is 10.1 Å². The highest BCUT2D eigenvalue weighted by molar-refractivity contribution is 6.21. The van der Waals surface area contributed by atoms with Gasteiger partial charge in [-0.3, -0.25) is 19.2 Å². The summed E-state index contributed by atoms with van der Waals surface area (Å²) in [4.78, 5) is 29.3. The first-order chi connectivity index (χ1) is 10.2. The number of carbonyl (C=O) groups excluding carboxylic acids is 2. The molecule has 0 fully saturated rings. The lowest BCUT2D eigenvalue weighted by atomic mass is 10.1. The lowest BCUT2D eigenvalue weighted by molar-refractivity contribution is 0.0650. The molecule has 2 heterocycles. The van der Waals surface area contributed by atoms with Crippen molar-refractivity contribution in [1.29, 1.82) is 5.26 Å². The number of aromatic nitrogens is 3. The number of amides is 2. The van der Waals surface area contributed by atoms with Gasteiger partial charge < -0.3 is 0 Å². The number of nitrogens with zero attached hydrogens (tertiary/aromatic N) is 5. The quantitative estimate of drug-likeness (QED) is 0.774. The fourth-order valence-corrected chi connectivity index (χ4v) is 2.29. The van der Waals surface area contributed by atoms with Crippen LogP contribution in [0, 0.1) is 11.3 Å². The maximum absolute atomic E-state index is 12.1. The van der Waals surface area contributed by atoms with Crippen molar-refractivity contribution in [3.05, 3.63) is 47.5 Å². The van der Waals surface area contributed by atoms with Crippen molar-refractivity contribution >= 4 is 11.8 Å². The third-order valence-electron chi connectivity index (χ3n) is 3.28. The molecule has 7 nitrogen and oxygen atoms in total. The molecule has 3 rings (SSSR count). The number of nitriles is 1. The third-order valence-corrected chi connectivity index (χ3v) is 3.28. The Labute approximate surface area is 120 Å². The zero-order chi connectivity index (χ0) is 14.8. The average molecular weight is 281 g/mol. The maximum Gasteiger partial charge on any atom is 0.261 e. The predicted octanol–water partition coefficient (Wildman–Crippen LogP) is 0.836. The molecule has 7 heteroatoms. The number of fused-ring (bicyclic) bond motifs is 1. The molecule has 2 amide bonds. The smallest absolute Gasteiger partial charge is 0.261 e. The van der Waals surface area contributed by atoms with Crippen LogP contribution in [0.25, 0.3) is 0 Å². The van der Waals surface area contributed by atoms with Gasteiger partial charge in [-0.25, -0.2) is 4.98 Å². The second kappa shape index (κ2) is 5.17. The highest BCUT2D eigenvalue weighted by Gasteiger charge is 2.34. The third kappa shape index (κ3) is 2.27. The van der Waals surface area contributed by atoms with Gasteiger partial charge in [0.15, 0.2) is 0 Å². The normalized spacial score (nSPS) is 13.4. The molecule has 0 atom stereocenters. The van der Waals surface area contributed by atoms with E-state index < -0.39 is 0 Å². The Morgan fingerprint density at radius 2 is 1.76 bits per heavy atom. The number of aryl methyl sites for hydroxylation is 1. The molecule has 0 saturated carbocycles. The molecule has 0 saturated heterocycles. The SMILES string of the molecule is N#Cc1ncn(CCCN2C(=O)c3ccccc3C2=O)n1. The van der Waals surface area contributed by atoms with E-state index in [1.807, 2.05) is 6.07 Å². The van der Waals surface area contributed by atoms with Crippen LogP contribution in [-0.4, -0.2) is 38.0 Å². The average Bonchev–Trinajstić information content (AvgIpc) is 3.06. The zero-order valence-electron chi connectivity index (χ0n) is 11.1. The van der Waals surface area contributed by atoms with Gasteiger partial charge in [0, 0.05) is 13.1 Å². The van der Waals surface area contributed by atoms with Crippen LogP contribution in [-0.2, 0) is 6.54 Å². The predicted molar refractivity (Wildman–Crippen MR) is 71.2 cm³/mol. The van der Waals surface area contributed by atoms with Crippen molar-refractivity contribution in [2.75, 3.05) is 6.54 Å². The van der Waals surface area contributed by atoms with Gasteiger partial charge in [-0.05, 0) is 18.6 Å². The molecule has 0 radical (unpaired) electrons. The monoisotopic (exact) mass is 281 g/mol. The van der Waals surface area contributed by atoms with Gasteiger partial charge in [0.05, 0.1) is 11.1 Å². The fraction of sp³-hybridized carbons (Fsp3) is 0.214. The lowest BCUT2D eigenvalue weighted by Crippen LogP contribution is -2.31. The minimum absolute atomic E-state index is 0.107. The Hall–Kier alpha value is -3.01. The lowest BCUT2D eigenvalue weighted by Gasteiger charge is -2.13. The van der Waals surface area contributed by atoms with Gasteiger partial charge in [0.1, 0.15) is 12.4 Å². The van der Waals surface area contributed by atoms with E-state index in [0.717, 1.165) is 0 Å². The molecular weight excluding hydrogens is 270 g/mol. The summed E-state index contributed by atoms with van der Waals surface area (Å²) in [5.74, 6) is -0.408. The van der Waals surface area contributed by atoms with Crippen LogP contribution in [0.15, 0.2) is 30.6 Å². The Bertz CT molecular complexity index is 724. The minimum Gasteiger partial charge on any atom is -0.274 e. The topological polar surface area (TPSA) is 91.9 Å². The molecule has 1 aromatic carbocycles. The summed E-state index contributed by atoms with van der Waals surface area (Å²) in [6.07, 6.45) is 2.01. The number of rotatable bonds is 4. The zero-order valence-corrected chi connectivity index (χ0v) is 11.1. The second-order valence-electron chi connectivity index (χ2n) is 4.60. The van der Waals surface area contributed by atoms with E-state index in [4.69, 9.17) is 5.26 Å². The minimum atomic E-state index is -0.257. The van der Waals surface area contributed by atoms with Crippen LogP contribution in [0.3, 0.4) is 0 Å². The Kier molecular flexibility index (Phi) is 3.20. The molecule has 0 aliphatic carbocycles. The molecule has 104 valence electrons. The highest BCUT2D eigenvalue weighted by Crippen LogP contribution is 2.22. The molecular formula is C14H11N5O2. The molecule has 2 aromatic rings. The van der Waals surface area contributed by atoms with Gasteiger partial charge in [-0.2, -0.15) is 5.26 Å². The first-order valence-corrected chi connectivity index (χ1v) is 6.45. The van der Waals surface area contributed by atoms with E-state index >= 15 is 0 Å². The van der Waals surface area contributed by atoms with Crippen LogP contribution in [0.4, 0.5) is 0 Å². The molecule has 21 heavy (non-hydrogen) atoms. The van der Waals surface area contributed by atoms with Gasteiger partial charge in [-0.15, -0.1) is 5.10 Å². The molecule has 0 unspecified atom stereocenters. The number of hydrogen-bond donors (Lipinski definition) is 0. The van der Waals surface area contributed by atoms with Crippen LogP contribution in [0.2, 0.25) is 0 Å². The van der Waals surface area contributed by atoms with Crippen molar-refractivity contribution in [3.8, 4) is 6.07 Å². The van der Waals surface area contributed by atoms with Crippen LogP contribution < -0.4 is 0 Å². The van der Waals surface area contributed by atoms with Crippen molar-refractivity contribution in [2.24, 2.45) is 0 Å². The summed E-state index contributed by atoms with van der Waals surface area (Å²) in [5, 5.41) is 12.6. The van der Waals surface area contributed by atoms with Crippen molar-refractivity contribution in [2.45, 2.75) is 13.0 Å². The first-order valence-electron chi connectivity index (χ1n) is 6.45. The van der Waals surface area contributed by atoms with E-state index in [1.165, 1.54) is 15.9 Å².